The molecule has 17 heavy (non-hydrogen) atoms. The second-order valence-electron chi connectivity index (χ2n) is 5.11. The van der Waals surface area contributed by atoms with E-state index in [0.29, 0.717) is 6.42 Å². The molecule has 2 aliphatic heterocycles. The Balaban J connectivity index is 1.64. The van der Waals surface area contributed by atoms with Crippen LogP contribution in [0.5, 0.6) is 0 Å². The summed E-state index contributed by atoms with van der Waals surface area (Å²) in [6.45, 7) is 2.35. The average molecular weight is 230 g/mol. The molecule has 2 N–H and O–H groups in total. The third-order valence-corrected chi connectivity index (χ3v) is 3.80. The van der Waals surface area contributed by atoms with Gasteiger partial charge in [0.15, 0.2) is 0 Å². The van der Waals surface area contributed by atoms with E-state index in [1.165, 1.54) is 31.5 Å². The lowest BCUT2D eigenvalue weighted by atomic mass is 9.97. The predicted molar refractivity (Wildman–Crippen MR) is 68.1 cm³/mol. The zero-order chi connectivity index (χ0) is 11.7. The van der Waals surface area contributed by atoms with E-state index in [-0.39, 0.29) is 5.91 Å². The highest BCUT2D eigenvalue weighted by atomic mass is 16.1. The molecule has 0 saturated carbocycles. The van der Waals surface area contributed by atoms with Crippen molar-refractivity contribution in [3.63, 3.8) is 0 Å². The summed E-state index contributed by atoms with van der Waals surface area (Å²) in [5.74, 6) is 0.958. The second kappa shape index (κ2) is 4.49. The minimum absolute atomic E-state index is 0.122. The van der Waals surface area contributed by atoms with Crippen molar-refractivity contribution in [2.75, 3.05) is 18.4 Å². The topological polar surface area (TPSA) is 41.1 Å². The third kappa shape index (κ3) is 2.34. The largest absolute Gasteiger partial charge is 0.326 e. The Morgan fingerprint density at radius 3 is 3.12 bits per heavy atom. The minimum Gasteiger partial charge on any atom is -0.326 e. The van der Waals surface area contributed by atoms with Gasteiger partial charge in [0.25, 0.3) is 0 Å². The molecule has 1 aromatic carbocycles. The van der Waals surface area contributed by atoms with Crippen molar-refractivity contribution in [3.05, 3.63) is 29.3 Å². The summed E-state index contributed by atoms with van der Waals surface area (Å²) in [7, 11) is 0. The van der Waals surface area contributed by atoms with Gasteiger partial charge in [-0.1, -0.05) is 12.1 Å². The summed E-state index contributed by atoms with van der Waals surface area (Å²) >= 11 is 0. The first-order valence-electron chi connectivity index (χ1n) is 6.43. The fourth-order valence-corrected chi connectivity index (χ4v) is 2.77. The number of anilines is 1. The van der Waals surface area contributed by atoms with E-state index in [9.17, 15) is 4.79 Å². The Bertz CT molecular complexity index is 436. The van der Waals surface area contributed by atoms with Gasteiger partial charge in [-0.25, -0.2) is 0 Å². The molecule has 0 aliphatic carbocycles. The van der Waals surface area contributed by atoms with Crippen LogP contribution in [0.3, 0.4) is 0 Å². The second-order valence-corrected chi connectivity index (χ2v) is 5.11. The van der Waals surface area contributed by atoms with Crippen LogP contribution in [0.15, 0.2) is 18.2 Å². The third-order valence-electron chi connectivity index (χ3n) is 3.80. The Labute approximate surface area is 102 Å². The summed E-state index contributed by atoms with van der Waals surface area (Å²) in [5, 5.41) is 6.27. The van der Waals surface area contributed by atoms with Crippen molar-refractivity contribution in [3.8, 4) is 0 Å². The van der Waals surface area contributed by atoms with Gasteiger partial charge >= 0.3 is 0 Å². The van der Waals surface area contributed by atoms with Crippen molar-refractivity contribution in [2.24, 2.45) is 5.92 Å². The first-order chi connectivity index (χ1) is 8.31. The molecular weight excluding hydrogens is 212 g/mol. The normalized spacial score (nSPS) is 22.6. The number of aryl methyl sites for hydroxylation is 1. The lowest BCUT2D eigenvalue weighted by Crippen LogP contribution is -2.09. The first kappa shape index (κ1) is 10.8. The molecule has 1 fully saturated rings. The zero-order valence-electron chi connectivity index (χ0n) is 9.96. The molecular formula is C14H18N2O. The van der Waals surface area contributed by atoms with Crippen molar-refractivity contribution >= 4 is 11.6 Å². The van der Waals surface area contributed by atoms with E-state index in [2.05, 4.69) is 22.8 Å². The van der Waals surface area contributed by atoms with E-state index >= 15 is 0 Å². The van der Waals surface area contributed by atoms with Gasteiger partial charge in [-0.15, -0.1) is 0 Å². The monoisotopic (exact) mass is 230 g/mol. The van der Waals surface area contributed by atoms with E-state index < -0.39 is 0 Å². The Kier molecular flexibility index (Phi) is 2.85. The number of amides is 1. The summed E-state index contributed by atoms with van der Waals surface area (Å²) in [5.41, 5.74) is 3.53. The van der Waals surface area contributed by atoms with Crippen LogP contribution in [0.4, 0.5) is 5.69 Å². The highest BCUT2D eigenvalue weighted by Crippen LogP contribution is 2.25. The summed E-state index contributed by atoms with van der Waals surface area (Å²) in [6, 6.07) is 6.38. The van der Waals surface area contributed by atoms with Gasteiger partial charge in [0, 0.05) is 5.69 Å². The van der Waals surface area contributed by atoms with Gasteiger partial charge in [0.2, 0.25) is 5.91 Å². The number of carbonyl (C=O) groups excluding carboxylic acids is 1. The van der Waals surface area contributed by atoms with E-state index in [4.69, 9.17) is 0 Å². The Hall–Kier alpha value is -1.35. The molecule has 1 saturated heterocycles. The van der Waals surface area contributed by atoms with Crippen molar-refractivity contribution in [1.82, 2.24) is 5.32 Å². The molecule has 1 atom stereocenters. The standard InChI is InChI=1S/C14H18N2O/c17-14-8-12-7-10(3-4-13(12)16-14)1-2-11-5-6-15-9-11/h3-4,7,11,15H,1-2,5-6,8-9H2,(H,16,17). The maximum atomic E-state index is 11.3. The zero-order valence-corrected chi connectivity index (χ0v) is 9.96. The van der Waals surface area contributed by atoms with Crippen LogP contribution in [0.2, 0.25) is 0 Å². The van der Waals surface area contributed by atoms with Crippen LogP contribution in [-0.4, -0.2) is 19.0 Å². The molecule has 0 spiro atoms. The first-order valence-corrected chi connectivity index (χ1v) is 6.43. The Morgan fingerprint density at radius 2 is 2.29 bits per heavy atom. The van der Waals surface area contributed by atoms with E-state index in [1.807, 2.05) is 6.07 Å². The van der Waals surface area contributed by atoms with Gasteiger partial charge in [0.05, 0.1) is 6.42 Å². The highest BCUT2D eigenvalue weighted by molar-refractivity contribution is 5.99. The fourth-order valence-electron chi connectivity index (χ4n) is 2.77. The maximum absolute atomic E-state index is 11.3. The number of hydrogen-bond donors (Lipinski definition) is 2. The van der Waals surface area contributed by atoms with Gasteiger partial charge in [-0.05, 0) is 55.5 Å². The van der Waals surface area contributed by atoms with Crippen LogP contribution in [0.1, 0.15) is 24.0 Å². The number of hydrogen-bond acceptors (Lipinski definition) is 2. The lowest BCUT2D eigenvalue weighted by Gasteiger charge is -2.08. The molecule has 0 radical (unpaired) electrons. The molecule has 3 heteroatoms. The number of benzene rings is 1. The van der Waals surface area contributed by atoms with Gasteiger partial charge in [-0.2, -0.15) is 0 Å². The molecule has 90 valence electrons. The number of nitrogens with one attached hydrogen (secondary N) is 2. The molecule has 2 aliphatic rings. The van der Waals surface area contributed by atoms with Crippen LogP contribution < -0.4 is 10.6 Å². The van der Waals surface area contributed by atoms with Crippen molar-refractivity contribution in [2.45, 2.75) is 25.7 Å². The van der Waals surface area contributed by atoms with Gasteiger partial charge in [0.1, 0.15) is 0 Å². The molecule has 0 aromatic heterocycles. The number of carbonyl (C=O) groups is 1. The van der Waals surface area contributed by atoms with Gasteiger partial charge < -0.3 is 10.6 Å². The van der Waals surface area contributed by atoms with Crippen LogP contribution in [0, 0.1) is 5.92 Å². The van der Waals surface area contributed by atoms with Crippen LogP contribution >= 0.6 is 0 Å². The van der Waals surface area contributed by atoms with Gasteiger partial charge in [-0.3, -0.25) is 4.79 Å². The molecule has 0 bridgehead atoms. The average Bonchev–Trinajstić information content (AvgIpc) is 2.92. The SMILES string of the molecule is O=C1Cc2cc(CCC3CCNC3)ccc2N1. The molecule has 1 unspecified atom stereocenters. The fraction of sp³-hybridized carbons (Fsp3) is 0.500. The van der Waals surface area contributed by atoms with Crippen molar-refractivity contribution in [1.29, 1.82) is 0 Å². The summed E-state index contributed by atoms with van der Waals surface area (Å²) < 4.78 is 0. The van der Waals surface area contributed by atoms with Crippen LogP contribution in [-0.2, 0) is 17.6 Å². The molecule has 2 heterocycles. The quantitative estimate of drug-likeness (QED) is 0.830. The summed E-state index contributed by atoms with van der Waals surface area (Å²) in [6.07, 6.45) is 4.25. The molecule has 3 rings (SSSR count). The van der Waals surface area contributed by atoms with E-state index in [1.54, 1.807) is 0 Å². The molecule has 1 amide bonds. The smallest absolute Gasteiger partial charge is 0.228 e. The molecule has 1 aromatic rings. The van der Waals surface area contributed by atoms with Crippen molar-refractivity contribution < 1.29 is 4.79 Å². The van der Waals surface area contributed by atoms with E-state index in [0.717, 1.165) is 23.6 Å². The number of fused-ring (bicyclic) bond motifs is 1. The minimum atomic E-state index is 0.122. The molecule has 3 nitrogen and oxygen atoms in total. The number of rotatable bonds is 3. The summed E-state index contributed by atoms with van der Waals surface area (Å²) in [4.78, 5) is 11.3. The highest BCUT2D eigenvalue weighted by Gasteiger charge is 2.18. The van der Waals surface area contributed by atoms with Crippen LogP contribution in [0.25, 0.3) is 0 Å². The Morgan fingerprint density at radius 1 is 1.35 bits per heavy atom. The lowest BCUT2D eigenvalue weighted by molar-refractivity contribution is -0.115. The predicted octanol–water partition coefficient (Wildman–Crippen LogP) is 1.72. The maximum Gasteiger partial charge on any atom is 0.228 e.